The van der Waals surface area contributed by atoms with Gasteiger partial charge in [0.1, 0.15) is 11.4 Å². The maximum absolute atomic E-state index is 11.5. The number of ether oxygens (including phenoxy) is 1. The number of esters is 1. The van der Waals surface area contributed by atoms with Crippen LogP contribution in [0.25, 0.3) is 0 Å². The molecule has 0 saturated carbocycles. The van der Waals surface area contributed by atoms with Gasteiger partial charge >= 0.3 is 5.97 Å². The normalized spacial score (nSPS) is 11.0. The van der Waals surface area contributed by atoms with Gasteiger partial charge in [0.2, 0.25) is 0 Å². The van der Waals surface area contributed by atoms with Crippen LogP contribution >= 0.6 is 0 Å². The summed E-state index contributed by atoms with van der Waals surface area (Å²) in [4.78, 5) is 15.6. The molecule has 0 amide bonds. The number of methoxy groups -OCH3 is 1. The van der Waals surface area contributed by atoms with Crippen LogP contribution in [0, 0.1) is 5.41 Å². The van der Waals surface area contributed by atoms with Crippen molar-refractivity contribution in [3.05, 3.63) is 23.9 Å². The summed E-state index contributed by atoms with van der Waals surface area (Å²) in [5, 5.41) is 3.16. The average molecular weight is 222 g/mol. The zero-order valence-corrected chi connectivity index (χ0v) is 10.2. The lowest BCUT2D eigenvalue weighted by molar-refractivity contribution is 0.0601. The molecule has 0 aromatic carbocycles. The van der Waals surface area contributed by atoms with Gasteiger partial charge in [0.05, 0.1) is 7.11 Å². The molecule has 0 aliphatic rings. The van der Waals surface area contributed by atoms with Crippen LogP contribution in [0.15, 0.2) is 18.3 Å². The second-order valence-electron chi connectivity index (χ2n) is 4.81. The standard InChI is InChI=1S/C12H18N2O2/c1-12(2,3)8-14-10-9(11(15)16-4)6-5-7-13-10/h5-7H,8H2,1-4H3,(H,13,14). The Bertz CT molecular complexity index is 370. The van der Waals surface area contributed by atoms with E-state index in [1.807, 2.05) is 0 Å². The lowest BCUT2D eigenvalue weighted by Gasteiger charge is -2.19. The molecule has 88 valence electrons. The number of hydrogen-bond donors (Lipinski definition) is 1. The first kappa shape index (κ1) is 12.5. The fourth-order valence-corrected chi connectivity index (χ4v) is 1.17. The van der Waals surface area contributed by atoms with Gasteiger partial charge in [0.25, 0.3) is 0 Å². The predicted octanol–water partition coefficient (Wildman–Crippen LogP) is 2.33. The molecule has 0 fully saturated rings. The number of nitrogens with zero attached hydrogens (tertiary/aromatic N) is 1. The molecule has 0 aliphatic carbocycles. The number of aromatic nitrogens is 1. The Labute approximate surface area is 96.0 Å². The highest BCUT2D eigenvalue weighted by Crippen LogP contribution is 2.17. The van der Waals surface area contributed by atoms with Crippen molar-refractivity contribution in [1.82, 2.24) is 4.98 Å². The molecule has 1 rings (SSSR count). The number of nitrogens with one attached hydrogen (secondary N) is 1. The Kier molecular flexibility index (Phi) is 3.88. The molecule has 4 nitrogen and oxygen atoms in total. The number of carbonyl (C=O) groups excluding carboxylic acids is 1. The second-order valence-corrected chi connectivity index (χ2v) is 4.81. The highest BCUT2D eigenvalue weighted by atomic mass is 16.5. The van der Waals surface area contributed by atoms with E-state index in [0.29, 0.717) is 11.4 Å². The smallest absolute Gasteiger partial charge is 0.341 e. The number of hydrogen-bond acceptors (Lipinski definition) is 4. The lowest BCUT2D eigenvalue weighted by atomic mass is 9.97. The summed E-state index contributed by atoms with van der Waals surface area (Å²) >= 11 is 0. The molecule has 0 bridgehead atoms. The van der Waals surface area contributed by atoms with Crippen LogP contribution in [-0.2, 0) is 4.74 Å². The summed E-state index contributed by atoms with van der Waals surface area (Å²) in [6.07, 6.45) is 1.65. The number of carbonyl (C=O) groups is 1. The van der Waals surface area contributed by atoms with Gasteiger partial charge in [-0.25, -0.2) is 9.78 Å². The van der Waals surface area contributed by atoms with Gasteiger partial charge in [-0.05, 0) is 17.5 Å². The van der Waals surface area contributed by atoms with E-state index in [1.165, 1.54) is 7.11 Å². The van der Waals surface area contributed by atoms with Gasteiger partial charge in [0.15, 0.2) is 0 Å². The summed E-state index contributed by atoms with van der Waals surface area (Å²) in [5.74, 6) is 0.203. The lowest BCUT2D eigenvalue weighted by Crippen LogP contribution is -2.21. The maximum atomic E-state index is 11.5. The van der Waals surface area contributed by atoms with E-state index < -0.39 is 0 Å². The van der Waals surface area contributed by atoms with Crippen molar-refractivity contribution in [2.75, 3.05) is 19.0 Å². The van der Waals surface area contributed by atoms with Gasteiger partial charge in [-0.3, -0.25) is 0 Å². The number of rotatable bonds is 3. The summed E-state index contributed by atoms with van der Waals surface area (Å²) < 4.78 is 4.69. The minimum Gasteiger partial charge on any atom is -0.465 e. The topological polar surface area (TPSA) is 51.2 Å². The SMILES string of the molecule is COC(=O)c1cccnc1NCC(C)(C)C. The summed E-state index contributed by atoms with van der Waals surface area (Å²) in [7, 11) is 1.36. The van der Waals surface area contributed by atoms with E-state index in [9.17, 15) is 4.79 Å². The highest BCUT2D eigenvalue weighted by Gasteiger charge is 2.15. The Morgan fingerprint density at radius 1 is 1.50 bits per heavy atom. The van der Waals surface area contributed by atoms with Gasteiger partial charge in [0, 0.05) is 12.7 Å². The van der Waals surface area contributed by atoms with Crippen LogP contribution in [0.5, 0.6) is 0 Å². The monoisotopic (exact) mass is 222 g/mol. The molecule has 0 atom stereocenters. The van der Waals surface area contributed by atoms with Crippen LogP contribution in [0.4, 0.5) is 5.82 Å². The third kappa shape index (κ3) is 3.53. The van der Waals surface area contributed by atoms with E-state index >= 15 is 0 Å². The molecule has 0 radical (unpaired) electrons. The van der Waals surface area contributed by atoms with E-state index in [4.69, 9.17) is 0 Å². The van der Waals surface area contributed by atoms with Crippen LogP contribution in [0.3, 0.4) is 0 Å². The average Bonchev–Trinajstić information content (AvgIpc) is 2.25. The molecular formula is C12H18N2O2. The first-order chi connectivity index (χ1) is 7.44. The molecule has 1 N–H and O–H groups in total. The molecule has 0 saturated heterocycles. The van der Waals surface area contributed by atoms with Crippen LogP contribution in [-0.4, -0.2) is 24.6 Å². The van der Waals surface area contributed by atoms with Gasteiger partial charge < -0.3 is 10.1 Å². The molecule has 1 aromatic rings. The third-order valence-corrected chi connectivity index (χ3v) is 2.00. The third-order valence-electron chi connectivity index (χ3n) is 2.00. The minimum absolute atomic E-state index is 0.130. The van der Waals surface area contributed by atoms with Gasteiger partial charge in [-0.2, -0.15) is 0 Å². The van der Waals surface area contributed by atoms with Crippen LogP contribution in [0.2, 0.25) is 0 Å². The van der Waals surface area contributed by atoms with Crippen molar-refractivity contribution in [3.63, 3.8) is 0 Å². The zero-order valence-electron chi connectivity index (χ0n) is 10.2. The molecule has 1 aromatic heterocycles. The summed E-state index contributed by atoms with van der Waals surface area (Å²) in [5.41, 5.74) is 0.597. The van der Waals surface area contributed by atoms with E-state index in [-0.39, 0.29) is 11.4 Å². The minimum atomic E-state index is -0.371. The number of anilines is 1. The van der Waals surface area contributed by atoms with Crippen molar-refractivity contribution < 1.29 is 9.53 Å². The van der Waals surface area contributed by atoms with E-state index in [0.717, 1.165) is 6.54 Å². The Balaban J connectivity index is 2.83. The Morgan fingerprint density at radius 2 is 2.19 bits per heavy atom. The first-order valence-electron chi connectivity index (χ1n) is 5.21. The zero-order chi connectivity index (χ0) is 12.2. The molecule has 0 aliphatic heterocycles. The molecule has 4 heteroatoms. The fraction of sp³-hybridized carbons (Fsp3) is 0.500. The van der Waals surface area contributed by atoms with Gasteiger partial charge in [-0.15, -0.1) is 0 Å². The maximum Gasteiger partial charge on any atom is 0.341 e. The van der Waals surface area contributed by atoms with Crippen molar-refractivity contribution in [2.24, 2.45) is 5.41 Å². The van der Waals surface area contributed by atoms with Gasteiger partial charge in [-0.1, -0.05) is 20.8 Å². The van der Waals surface area contributed by atoms with E-state index in [1.54, 1.807) is 18.3 Å². The summed E-state index contributed by atoms with van der Waals surface area (Å²) in [6.45, 7) is 7.08. The second kappa shape index (κ2) is 4.96. The first-order valence-corrected chi connectivity index (χ1v) is 5.21. The summed E-state index contributed by atoms with van der Waals surface area (Å²) in [6, 6.07) is 3.42. The largest absolute Gasteiger partial charge is 0.465 e. The highest BCUT2D eigenvalue weighted by molar-refractivity contribution is 5.94. The molecule has 0 unspecified atom stereocenters. The Morgan fingerprint density at radius 3 is 2.75 bits per heavy atom. The van der Waals surface area contributed by atoms with Crippen molar-refractivity contribution in [2.45, 2.75) is 20.8 Å². The van der Waals surface area contributed by atoms with Crippen LogP contribution < -0.4 is 5.32 Å². The molecule has 16 heavy (non-hydrogen) atoms. The van der Waals surface area contributed by atoms with E-state index in [2.05, 4.69) is 35.8 Å². The number of pyridine rings is 1. The molecule has 0 spiro atoms. The predicted molar refractivity (Wildman–Crippen MR) is 63.5 cm³/mol. The van der Waals surface area contributed by atoms with Crippen molar-refractivity contribution >= 4 is 11.8 Å². The van der Waals surface area contributed by atoms with Crippen LogP contribution in [0.1, 0.15) is 31.1 Å². The Hall–Kier alpha value is -1.58. The fourth-order valence-electron chi connectivity index (χ4n) is 1.17. The van der Waals surface area contributed by atoms with Crippen molar-refractivity contribution in [1.29, 1.82) is 0 Å². The quantitative estimate of drug-likeness (QED) is 0.797. The molecular weight excluding hydrogens is 204 g/mol. The van der Waals surface area contributed by atoms with Crippen molar-refractivity contribution in [3.8, 4) is 0 Å². The molecule has 1 heterocycles.